The molecular weight excluding hydrogens is 276 g/mol. The Morgan fingerprint density at radius 3 is 2.15 bits per heavy atom. The van der Waals surface area contributed by atoms with Gasteiger partial charge in [-0.15, -0.1) is 0 Å². The van der Waals surface area contributed by atoms with Crippen molar-refractivity contribution in [2.75, 3.05) is 33.4 Å². The van der Waals surface area contributed by atoms with Crippen molar-refractivity contribution in [2.24, 2.45) is 0 Å². The molecule has 20 heavy (non-hydrogen) atoms. The fraction of sp³-hybridized carbons (Fsp3) is 1.00. The van der Waals surface area contributed by atoms with E-state index in [1.165, 1.54) is 0 Å². The monoisotopic (exact) mass is 304 g/mol. The topological polar surface area (TPSA) is 49.9 Å². The Hall–Kier alpha value is -0.170. The summed E-state index contributed by atoms with van der Waals surface area (Å²) in [4.78, 5) is 2.35. The van der Waals surface area contributed by atoms with Crippen LogP contribution in [-0.4, -0.2) is 68.3 Å². The van der Waals surface area contributed by atoms with Crippen LogP contribution in [0.2, 0.25) is 0 Å². The van der Waals surface area contributed by atoms with E-state index in [1.807, 2.05) is 0 Å². The molecule has 0 amide bonds. The van der Waals surface area contributed by atoms with E-state index in [9.17, 15) is 8.42 Å². The normalized spacial score (nSPS) is 30.9. The zero-order valence-electron chi connectivity index (χ0n) is 12.9. The first-order valence-corrected chi connectivity index (χ1v) is 9.20. The van der Waals surface area contributed by atoms with Crippen LogP contribution >= 0.6 is 0 Å². The fourth-order valence-electron chi connectivity index (χ4n) is 3.55. The van der Waals surface area contributed by atoms with E-state index >= 15 is 0 Å². The summed E-state index contributed by atoms with van der Waals surface area (Å²) >= 11 is 0. The van der Waals surface area contributed by atoms with E-state index in [1.54, 1.807) is 11.4 Å². The molecule has 2 unspecified atom stereocenters. The summed E-state index contributed by atoms with van der Waals surface area (Å²) in [5, 5.41) is -0.132. The average Bonchev–Trinajstić information content (AvgIpc) is 2.92. The Morgan fingerprint density at radius 2 is 1.65 bits per heavy atom. The molecule has 1 aliphatic heterocycles. The Bertz CT molecular complexity index is 395. The lowest BCUT2D eigenvalue weighted by molar-refractivity contribution is 0.0493. The third-order valence-corrected chi connectivity index (χ3v) is 7.04. The second-order valence-electron chi connectivity index (χ2n) is 6.20. The molecular formula is C14H28N2O3S. The van der Waals surface area contributed by atoms with Crippen LogP contribution < -0.4 is 0 Å². The highest BCUT2D eigenvalue weighted by Gasteiger charge is 2.39. The second-order valence-corrected chi connectivity index (χ2v) is 8.41. The van der Waals surface area contributed by atoms with Gasteiger partial charge in [0.2, 0.25) is 10.0 Å². The van der Waals surface area contributed by atoms with Crippen LogP contribution in [0.4, 0.5) is 0 Å². The molecule has 0 N–H and O–H groups in total. The smallest absolute Gasteiger partial charge is 0.217 e. The summed E-state index contributed by atoms with van der Waals surface area (Å²) in [5.74, 6) is 0. The van der Waals surface area contributed by atoms with Crippen molar-refractivity contribution in [2.45, 2.75) is 56.9 Å². The highest BCUT2D eigenvalue weighted by atomic mass is 32.2. The predicted octanol–water partition coefficient (Wildman–Crippen LogP) is 1.30. The maximum atomic E-state index is 12.7. The van der Waals surface area contributed by atoms with Crippen LogP contribution in [0.25, 0.3) is 0 Å². The summed E-state index contributed by atoms with van der Waals surface area (Å²) in [6.07, 6.45) is 3.80. The molecule has 0 aromatic rings. The molecule has 2 atom stereocenters. The van der Waals surface area contributed by atoms with Crippen molar-refractivity contribution in [3.05, 3.63) is 0 Å². The zero-order chi connectivity index (χ0) is 14.8. The number of methoxy groups -OCH3 is 1. The van der Waals surface area contributed by atoms with Crippen LogP contribution in [-0.2, 0) is 14.8 Å². The van der Waals surface area contributed by atoms with Crippen molar-refractivity contribution < 1.29 is 13.2 Å². The Morgan fingerprint density at radius 1 is 1.10 bits per heavy atom. The van der Waals surface area contributed by atoms with Crippen molar-refractivity contribution >= 4 is 10.0 Å². The molecule has 1 saturated carbocycles. The minimum Gasteiger partial charge on any atom is -0.383 e. The van der Waals surface area contributed by atoms with Gasteiger partial charge in [-0.1, -0.05) is 12.8 Å². The molecule has 118 valence electrons. The third-order valence-electron chi connectivity index (χ3n) is 4.70. The highest BCUT2D eigenvalue weighted by molar-refractivity contribution is 7.89. The second kappa shape index (κ2) is 6.73. The SMILES string of the molecule is COCCN1C(C)CN(S(=O)(=O)C2CCCC2)CC1C. The third kappa shape index (κ3) is 3.35. The summed E-state index contributed by atoms with van der Waals surface area (Å²) in [6.45, 7) is 7.03. The molecule has 0 aromatic carbocycles. The first-order chi connectivity index (χ1) is 9.46. The lowest BCUT2D eigenvalue weighted by Gasteiger charge is -2.44. The number of hydrogen-bond acceptors (Lipinski definition) is 4. The summed E-state index contributed by atoms with van der Waals surface area (Å²) in [6, 6.07) is 0.509. The molecule has 2 aliphatic rings. The molecule has 1 heterocycles. The van der Waals surface area contributed by atoms with Gasteiger partial charge >= 0.3 is 0 Å². The first kappa shape index (κ1) is 16.2. The van der Waals surface area contributed by atoms with Crippen LogP contribution in [0, 0.1) is 0 Å². The number of piperazine rings is 1. The van der Waals surface area contributed by atoms with Gasteiger partial charge < -0.3 is 4.74 Å². The molecule has 5 nitrogen and oxygen atoms in total. The predicted molar refractivity (Wildman–Crippen MR) is 80.3 cm³/mol. The van der Waals surface area contributed by atoms with Gasteiger partial charge in [-0.05, 0) is 26.7 Å². The Kier molecular flexibility index (Phi) is 5.45. The van der Waals surface area contributed by atoms with Gasteiger partial charge in [0.15, 0.2) is 0 Å². The zero-order valence-corrected chi connectivity index (χ0v) is 13.7. The van der Waals surface area contributed by atoms with E-state index in [2.05, 4.69) is 18.7 Å². The highest BCUT2D eigenvalue weighted by Crippen LogP contribution is 2.29. The largest absolute Gasteiger partial charge is 0.383 e. The minimum atomic E-state index is -3.10. The first-order valence-electron chi connectivity index (χ1n) is 7.70. The molecule has 2 rings (SSSR count). The standard InChI is InChI=1S/C14H28N2O3S/c1-12-10-15(11-13(2)16(12)8-9-19-3)20(17,18)14-6-4-5-7-14/h12-14H,4-11H2,1-3H3. The van der Waals surface area contributed by atoms with E-state index in [0.717, 1.165) is 32.2 Å². The van der Waals surface area contributed by atoms with Gasteiger partial charge in [0.25, 0.3) is 0 Å². The molecule has 0 radical (unpaired) electrons. The molecule has 2 fully saturated rings. The van der Waals surface area contributed by atoms with Crippen molar-refractivity contribution in [3.63, 3.8) is 0 Å². The Labute approximate surface area is 123 Å². The van der Waals surface area contributed by atoms with Crippen LogP contribution in [0.1, 0.15) is 39.5 Å². The van der Waals surface area contributed by atoms with Gasteiger partial charge in [0.05, 0.1) is 11.9 Å². The number of nitrogens with zero attached hydrogens (tertiary/aromatic N) is 2. The van der Waals surface area contributed by atoms with Gasteiger partial charge in [-0.3, -0.25) is 4.90 Å². The van der Waals surface area contributed by atoms with Crippen LogP contribution in [0.15, 0.2) is 0 Å². The summed E-state index contributed by atoms with van der Waals surface area (Å²) in [7, 11) is -1.39. The quantitative estimate of drug-likeness (QED) is 0.768. The lowest BCUT2D eigenvalue weighted by Crippen LogP contribution is -2.59. The van der Waals surface area contributed by atoms with Crippen LogP contribution in [0.5, 0.6) is 0 Å². The molecule has 1 saturated heterocycles. The molecule has 0 spiro atoms. The van der Waals surface area contributed by atoms with Crippen molar-refractivity contribution in [1.29, 1.82) is 0 Å². The van der Waals surface area contributed by atoms with E-state index in [-0.39, 0.29) is 17.3 Å². The van der Waals surface area contributed by atoms with E-state index in [0.29, 0.717) is 19.7 Å². The molecule has 1 aliphatic carbocycles. The fourth-order valence-corrected chi connectivity index (χ4v) is 5.75. The average molecular weight is 304 g/mol. The summed E-state index contributed by atoms with van der Waals surface area (Å²) < 4.78 is 32.2. The molecule has 6 heteroatoms. The lowest BCUT2D eigenvalue weighted by atomic mass is 10.1. The minimum absolute atomic E-state index is 0.132. The van der Waals surface area contributed by atoms with Crippen LogP contribution in [0.3, 0.4) is 0 Å². The van der Waals surface area contributed by atoms with Crippen molar-refractivity contribution in [3.8, 4) is 0 Å². The van der Waals surface area contributed by atoms with Gasteiger partial charge in [0.1, 0.15) is 0 Å². The maximum absolute atomic E-state index is 12.7. The van der Waals surface area contributed by atoms with E-state index < -0.39 is 10.0 Å². The number of rotatable bonds is 5. The van der Waals surface area contributed by atoms with Gasteiger partial charge in [0, 0.05) is 38.8 Å². The number of ether oxygens (including phenoxy) is 1. The van der Waals surface area contributed by atoms with Crippen molar-refractivity contribution in [1.82, 2.24) is 9.21 Å². The maximum Gasteiger partial charge on any atom is 0.217 e. The van der Waals surface area contributed by atoms with E-state index in [4.69, 9.17) is 4.74 Å². The molecule has 0 bridgehead atoms. The van der Waals surface area contributed by atoms with Gasteiger partial charge in [-0.25, -0.2) is 8.42 Å². The Balaban J connectivity index is 2.02. The summed E-state index contributed by atoms with van der Waals surface area (Å²) in [5.41, 5.74) is 0. The van der Waals surface area contributed by atoms with Gasteiger partial charge in [-0.2, -0.15) is 4.31 Å². The molecule has 0 aromatic heterocycles. The number of sulfonamides is 1. The number of hydrogen-bond donors (Lipinski definition) is 0.